The van der Waals surface area contributed by atoms with Crippen molar-refractivity contribution in [3.8, 4) is 0 Å². The summed E-state index contributed by atoms with van der Waals surface area (Å²) in [6.45, 7) is 2.90. The van der Waals surface area contributed by atoms with Gasteiger partial charge in [0, 0.05) is 16.9 Å². The predicted octanol–water partition coefficient (Wildman–Crippen LogP) is 1.88. The molecule has 0 radical (unpaired) electrons. The first-order valence-corrected chi connectivity index (χ1v) is 5.05. The predicted molar refractivity (Wildman–Crippen MR) is 50.9 cm³/mol. The molecule has 0 aromatic carbocycles. The van der Waals surface area contributed by atoms with E-state index < -0.39 is 0 Å². The molecule has 0 amide bonds. The van der Waals surface area contributed by atoms with Crippen LogP contribution in [0.5, 0.6) is 0 Å². The maximum absolute atomic E-state index is 8.21. The van der Waals surface area contributed by atoms with Gasteiger partial charge < -0.3 is 9.47 Å². The number of ether oxygens (including phenoxy) is 2. The van der Waals surface area contributed by atoms with Crippen LogP contribution in [0.25, 0.3) is 10.4 Å². The minimum atomic E-state index is 0.104. The first-order chi connectivity index (χ1) is 6.85. The normalized spacial score (nSPS) is 37.0. The lowest BCUT2D eigenvalue weighted by atomic mass is 9.80. The van der Waals surface area contributed by atoms with Gasteiger partial charge >= 0.3 is 0 Å². The molecule has 2 saturated heterocycles. The first kappa shape index (κ1) is 9.77. The Bertz CT molecular complexity index is 244. The molecule has 2 atom stereocenters. The zero-order valence-corrected chi connectivity index (χ0v) is 8.19. The van der Waals surface area contributed by atoms with Gasteiger partial charge in [0.1, 0.15) is 0 Å². The molecule has 0 saturated carbocycles. The Hall–Kier alpha value is -0.770. The maximum atomic E-state index is 8.21. The van der Waals surface area contributed by atoms with Crippen molar-refractivity contribution in [1.29, 1.82) is 0 Å². The standard InChI is InChI=1S/C9H15N3O2/c10-12-11-5-8-4-9(7-14-8)2-1-3-13-6-9/h8H,1-7H2. The molecule has 14 heavy (non-hydrogen) atoms. The average molecular weight is 197 g/mol. The van der Waals surface area contributed by atoms with Gasteiger partial charge in [0.25, 0.3) is 0 Å². The van der Waals surface area contributed by atoms with Gasteiger partial charge in [-0.15, -0.1) is 0 Å². The van der Waals surface area contributed by atoms with Gasteiger partial charge in [-0.25, -0.2) is 0 Å². The van der Waals surface area contributed by atoms with Crippen LogP contribution in [-0.4, -0.2) is 32.5 Å². The van der Waals surface area contributed by atoms with E-state index in [-0.39, 0.29) is 11.5 Å². The second-order valence-electron chi connectivity index (χ2n) is 4.21. The Kier molecular flexibility index (Phi) is 2.91. The monoisotopic (exact) mass is 197 g/mol. The zero-order chi connectivity index (χ0) is 9.86. The zero-order valence-electron chi connectivity index (χ0n) is 8.19. The average Bonchev–Trinajstić information content (AvgIpc) is 2.60. The van der Waals surface area contributed by atoms with Crippen LogP contribution in [0, 0.1) is 5.41 Å². The van der Waals surface area contributed by atoms with Crippen LogP contribution >= 0.6 is 0 Å². The van der Waals surface area contributed by atoms with Gasteiger partial charge in [0.2, 0.25) is 0 Å². The molecule has 2 unspecified atom stereocenters. The van der Waals surface area contributed by atoms with Crippen molar-refractivity contribution in [2.24, 2.45) is 10.5 Å². The Labute approximate surface area is 83.0 Å². The summed E-state index contributed by atoms with van der Waals surface area (Å²) in [6.07, 6.45) is 3.39. The fourth-order valence-electron chi connectivity index (χ4n) is 2.33. The number of hydrogen-bond donors (Lipinski definition) is 0. The van der Waals surface area contributed by atoms with Gasteiger partial charge in [-0.1, -0.05) is 5.11 Å². The van der Waals surface area contributed by atoms with E-state index in [2.05, 4.69) is 10.0 Å². The number of azide groups is 1. The van der Waals surface area contributed by atoms with Crippen molar-refractivity contribution in [1.82, 2.24) is 0 Å². The summed E-state index contributed by atoms with van der Waals surface area (Å²) in [6, 6.07) is 0. The highest BCUT2D eigenvalue weighted by Gasteiger charge is 2.41. The fourth-order valence-corrected chi connectivity index (χ4v) is 2.33. The largest absolute Gasteiger partial charge is 0.381 e. The molecular weight excluding hydrogens is 182 g/mol. The van der Waals surface area contributed by atoms with Crippen LogP contribution < -0.4 is 0 Å². The minimum Gasteiger partial charge on any atom is -0.381 e. The Balaban J connectivity index is 1.88. The molecule has 2 aliphatic rings. The highest BCUT2D eigenvalue weighted by molar-refractivity contribution is 4.90. The highest BCUT2D eigenvalue weighted by Crippen LogP contribution is 2.39. The van der Waals surface area contributed by atoms with Crippen LogP contribution in [0.4, 0.5) is 0 Å². The summed E-state index contributed by atoms with van der Waals surface area (Å²) >= 11 is 0. The summed E-state index contributed by atoms with van der Waals surface area (Å²) in [5.41, 5.74) is 8.42. The lowest BCUT2D eigenvalue weighted by Gasteiger charge is -2.31. The van der Waals surface area contributed by atoms with Crippen molar-refractivity contribution < 1.29 is 9.47 Å². The number of nitrogens with zero attached hydrogens (tertiary/aromatic N) is 3. The van der Waals surface area contributed by atoms with Gasteiger partial charge in [-0.2, -0.15) is 0 Å². The molecule has 0 N–H and O–H groups in total. The molecule has 5 heteroatoms. The quantitative estimate of drug-likeness (QED) is 0.385. The van der Waals surface area contributed by atoms with Gasteiger partial charge in [0.15, 0.2) is 0 Å². The van der Waals surface area contributed by atoms with Crippen LogP contribution in [0.2, 0.25) is 0 Å². The smallest absolute Gasteiger partial charge is 0.0638 e. The van der Waals surface area contributed by atoms with E-state index in [9.17, 15) is 0 Å². The molecule has 5 nitrogen and oxygen atoms in total. The molecule has 2 heterocycles. The van der Waals surface area contributed by atoms with Crippen molar-refractivity contribution in [2.75, 3.05) is 26.4 Å². The Morgan fingerprint density at radius 1 is 1.50 bits per heavy atom. The second kappa shape index (κ2) is 4.17. The van der Waals surface area contributed by atoms with E-state index in [0.29, 0.717) is 6.54 Å². The molecule has 2 rings (SSSR count). The van der Waals surface area contributed by atoms with Gasteiger partial charge in [-0.3, -0.25) is 0 Å². The first-order valence-electron chi connectivity index (χ1n) is 5.05. The van der Waals surface area contributed by atoms with Crippen LogP contribution in [0.15, 0.2) is 5.11 Å². The topological polar surface area (TPSA) is 67.2 Å². The third-order valence-electron chi connectivity index (χ3n) is 3.04. The number of hydrogen-bond acceptors (Lipinski definition) is 3. The SMILES string of the molecule is [N-]=[N+]=NCC1CC2(CCCOC2)CO1. The summed E-state index contributed by atoms with van der Waals surface area (Å²) < 4.78 is 11.1. The van der Waals surface area contributed by atoms with E-state index in [4.69, 9.17) is 15.0 Å². The van der Waals surface area contributed by atoms with Crippen molar-refractivity contribution >= 4 is 0 Å². The van der Waals surface area contributed by atoms with Gasteiger partial charge in [0.05, 0.1) is 25.9 Å². The van der Waals surface area contributed by atoms with E-state index in [1.54, 1.807) is 0 Å². The van der Waals surface area contributed by atoms with Gasteiger partial charge in [-0.05, 0) is 24.8 Å². The summed E-state index contributed by atoms with van der Waals surface area (Å²) in [4.78, 5) is 2.75. The molecule has 1 spiro atoms. The van der Waals surface area contributed by atoms with E-state index in [1.165, 1.54) is 6.42 Å². The van der Waals surface area contributed by atoms with E-state index in [0.717, 1.165) is 32.7 Å². The van der Waals surface area contributed by atoms with Crippen molar-refractivity contribution in [2.45, 2.75) is 25.4 Å². The third-order valence-corrected chi connectivity index (χ3v) is 3.04. The summed E-state index contributed by atoms with van der Waals surface area (Å²) in [7, 11) is 0. The lowest BCUT2D eigenvalue weighted by molar-refractivity contribution is -0.0135. The molecule has 0 aromatic heterocycles. The fraction of sp³-hybridized carbons (Fsp3) is 1.00. The van der Waals surface area contributed by atoms with Crippen LogP contribution in [0.1, 0.15) is 19.3 Å². The Morgan fingerprint density at radius 2 is 2.43 bits per heavy atom. The third kappa shape index (κ3) is 2.00. The molecule has 2 aliphatic heterocycles. The molecule has 0 aliphatic carbocycles. The molecule has 0 aromatic rings. The molecule has 2 fully saturated rings. The maximum Gasteiger partial charge on any atom is 0.0638 e. The van der Waals surface area contributed by atoms with Crippen molar-refractivity contribution in [3.63, 3.8) is 0 Å². The van der Waals surface area contributed by atoms with Crippen LogP contribution in [0.3, 0.4) is 0 Å². The second-order valence-corrected chi connectivity index (χ2v) is 4.21. The van der Waals surface area contributed by atoms with Crippen molar-refractivity contribution in [3.05, 3.63) is 10.4 Å². The summed E-state index contributed by atoms with van der Waals surface area (Å²) in [5.74, 6) is 0. The minimum absolute atomic E-state index is 0.104. The van der Waals surface area contributed by atoms with E-state index >= 15 is 0 Å². The molecular formula is C9H15N3O2. The highest BCUT2D eigenvalue weighted by atomic mass is 16.5. The van der Waals surface area contributed by atoms with Crippen LogP contribution in [-0.2, 0) is 9.47 Å². The Morgan fingerprint density at radius 3 is 3.14 bits per heavy atom. The number of rotatable bonds is 2. The summed E-state index contributed by atoms with van der Waals surface area (Å²) in [5, 5.41) is 3.55. The van der Waals surface area contributed by atoms with E-state index in [1.807, 2.05) is 0 Å². The molecule has 0 bridgehead atoms. The molecule has 78 valence electrons. The lowest BCUT2D eigenvalue weighted by Crippen LogP contribution is -2.32.